The van der Waals surface area contributed by atoms with Gasteiger partial charge in [-0.25, -0.2) is 0 Å². The normalized spacial score (nSPS) is 46.3. The molecular weight excluding hydrogens is 837 g/mol. The number of nitrogens with zero attached hydrogens (tertiary/aromatic N) is 2. The van der Waals surface area contributed by atoms with Gasteiger partial charge in [0, 0.05) is 69.8 Å². The average molecular weight is 919 g/mol. The number of hydrogen-bond donors (Lipinski definition) is 4. The van der Waals surface area contributed by atoms with Crippen LogP contribution in [0.4, 0.5) is 0 Å². The van der Waals surface area contributed by atoms with Crippen LogP contribution in [0.15, 0.2) is 99.7 Å². The van der Waals surface area contributed by atoms with Gasteiger partial charge < -0.3 is 10.6 Å². The van der Waals surface area contributed by atoms with Crippen LogP contribution in [-0.2, 0) is 0 Å². The number of nitrogens with one attached hydrogen (secondary N) is 3. The molecule has 6 nitrogen and oxygen atoms in total. The zero-order valence-corrected chi connectivity index (χ0v) is 41.8. The van der Waals surface area contributed by atoms with E-state index in [9.17, 15) is 0 Å². The molecule has 5 N–H and O–H groups in total. The number of allylic oxidation sites excluding steroid dienone is 8. The molecule has 13 aliphatic rings. The number of thioether (sulfide) groups is 1. The Balaban J connectivity index is 0.731. The largest absolute Gasteiger partial charge is 0.368 e. The molecular formula is C60H82N6S. The van der Waals surface area contributed by atoms with Crippen molar-refractivity contribution in [2.45, 2.75) is 219 Å². The summed E-state index contributed by atoms with van der Waals surface area (Å²) in [7, 11) is 0. The van der Waals surface area contributed by atoms with Gasteiger partial charge in [-0.3, -0.25) is 20.9 Å². The lowest BCUT2D eigenvalue weighted by molar-refractivity contribution is -0.00128. The molecule has 1 aromatic rings. The predicted molar refractivity (Wildman–Crippen MR) is 275 cm³/mol. The third-order valence-corrected chi connectivity index (χ3v) is 23.2. The van der Waals surface area contributed by atoms with E-state index >= 15 is 0 Å². The molecule has 0 radical (unpaired) electrons. The first-order valence-corrected chi connectivity index (χ1v) is 29.2. The van der Waals surface area contributed by atoms with E-state index in [0.29, 0.717) is 76.6 Å². The summed E-state index contributed by atoms with van der Waals surface area (Å²) in [4.78, 5) is 7.96. The van der Waals surface area contributed by atoms with Crippen LogP contribution in [0.1, 0.15) is 160 Å². The maximum Gasteiger partial charge on any atom is 0.0818 e. The van der Waals surface area contributed by atoms with Crippen molar-refractivity contribution in [2.75, 3.05) is 0 Å². The summed E-state index contributed by atoms with van der Waals surface area (Å²) < 4.78 is 0. The Morgan fingerprint density at radius 3 is 2.46 bits per heavy atom. The zero-order valence-electron chi connectivity index (χ0n) is 41.0. The standard InChI is InChI=1S/C60H82N6S/c1-60(2)46-20-10-6-16-39(46)40-27-26-38(34-47(40)60)65-50-22-12-8-19-44(50)55-52(65)30-28-43-41-17-7-11-21-49(41)66(56(43)55)51-29-24-37(33-48(51)61)59-63-57(35-14-4-3-5-15-35)62-58(64-59)36-25-31-54-45(32-36)42-18-9-13-23-53(42)67-54/h3-4,6-7,9,13,16-18,23,25,35,37-39,41,43,45-46,48-49,51-52,54-59,62-64H,5,8,10-12,14-15,19-22,24,26-34,61H2,1-2H3. The topological polar surface area (TPSA) is 68.6 Å². The van der Waals surface area contributed by atoms with E-state index in [-0.39, 0.29) is 18.4 Å². The first-order valence-electron chi connectivity index (χ1n) is 28.4. The van der Waals surface area contributed by atoms with E-state index in [1.54, 1.807) is 11.1 Å². The highest BCUT2D eigenvalue weighted by molar-refractivity contribution is 8.00. The molecule has 0 aromatic heterocycles. The second-order valence-corrected chi connectivity index (χ2v) is 26.3. The van der Waals surface area contributed by atoms with Crippen LogP contribution in [-0.4, -0.2) is 69.8 Å². The smallest absolute Gasteiger partial charge is 0.0818 e. The highest BCUT2D eigenvalue weighted by Crippen LogP contribution is 2.62. The number of nitrogens with two attached hydrogens (primary N) is 1. The van der Waals surface area contributed by atoms with E-state index < -0.39 is 0 Å². The fourth-order valence-electron chi connectivity index (χ4n) is 18.9. The quantitative estimate of drug-likeness (QED) is 0.219. The van der Waals surface area contributed by atoms with Gasteiger partial charge in [-0.2, -0.15) is 0 Å². The molecule has 4 heterocycles. The summed E-state index contributed by atoms with van der Waals surface area (Å²) in [6.45, 7) is 5.28. The highest BCUT2D eigenvalue weighted by atomic mass is 32.2. The van der Waals surface area contributed by atoms with Gasteiger partial charge in [-0.1, -0.05) is 85.7 Å². The third kappa shape index (κ3) is 7.01. The number of likely N-dealkylation sites (tertiary alicyclic amines) is 1. The molecule has 2 saturated carbocycles. The van der Waals surface area contributed by atoms with Crippen molar-refractivity contribution in [2.24, 2.45) is 52.6 Å². The van der Waals surface area contributed by atoms with E-state index in [0.717, 1.165) is 30.6 Å². The first-order chi connectivity index (χ1) is 32.9. The molecule has 2 saturated heterocycles. The van der Waals surface area contributed by atoms with E-state index in [4.69, 9.17) is 5.73 Å². The Kier molecular flexibility index (Phi) is 11.1. The lowest BCUT2D eigenvalue weighted by Crippen LogP contribution is -2.72. The van der Waals surface area contributed by atoms with Crippen LogP contribution in [0.25, 0.3) is 0 Å². The number of benzene rings is 1. The lowest BCUT2D eigenvalue weighted by Gasteiger charge is -2.52. The van der Waals surface area contributed by atoms with E-state index in [1.807, 2.05) is 22.4 Å². The summed E-state index contributed by atoms with van der Waals surface area (Å²) in [5, 5.41) is 13.4. The summed E-state index contributed by atoms with van der Waals surface area (Å²) in [6.07, 6.45) is 45.9. The Morgan fingerprint density at radius 2 is 1.57 bits per heavy atom. The third-order valence-electron chi connectivity index (χ3n) is 21.8. The number of fused-ring (bicyclic) bond motifs is 11. The molecule has 4 fully saturated rings. The van der Waals surface area contributed by atoms with Crippen molar-refractivity contribution in [1.82, 2.24) is 25.8 Å². The minimum absolute atomic E-state index is 0.210. The predicted octanol–water partition coefficient (Wildman–Crippen LogP) is 11.6. The molecule has 18 unspecified atom stereocenters. The average Bonchev–Trinajstić information content (AvgIpc) is 4.09. The fourth-order valence-corrected chi connectivity index (χ4v) is 20.3. The fraction of sp³-hybridized carbons (Fsp3) is 0.700. The molecule has 0 amide bonds. The zero-order chi connectivity index (χ0) is 44.5. The summed E-state index contributed by atoms with van der Waals surface area (Å²) in [5.74, 6) is 5.51. The Bertz CT molecular complexity index is 2290. The van der Waals surface area contributed by atoms with Gasteiger partial charge >= 0.3 is 0 Å². The van der Waals surface area contributed by atoms with Gasteiger partial charge in [-0.05, 0) is 193 Å². The van der Waals surface area contributed by atoms with Crippen molar-refractivity contribution in [3.63, 3.8) is 0 Å². The molecule has 1 aromatic carbocycles. The summed E-state index contributed by atoms with van der Waals surface area (Å²) >= 11 is 2.13. The van der Waals surface area contributed by atoms with Crippen LogP contribution in [0.3, 0.4) is 0 Å². The second kappa shape index (κ2) is 17.1. The van der Waals surface area contributed by atoms with Gasteiger partial charge in [0.2, 0.25) is 0 Å². The molecule has 0 bridgehead atoms. The van der Waals surface area contributed by atoms with Crippen LogP contribution in [0.2, 0.25) is 0 Å². The van der Waals surface area contributed by atoms with Gasteiger partial charge in [0.15, 0.2) is 0 Å². The van der Waals surface area contributed by atoms with Crippen molar-refractivity contribution in [3.05, 3.63) is 100 Å². The SMILES string of the molecule is CC1(C)C2=C(CCC(N3C4=C(CCCC4)C4C3CCC3C5C=CCCC5N(C5CCC(C6NC(C7=CCC8Sc9ccccc9C8C7)NC(C7CC=CCC7)N6)CC5N)C34)C2)C2C=CCCC21. The lowest BCUT2D eigenvalue weighted by atomic mass is 9.67. The van der Waals surface area contributed by atoms with Crippen LogP contribution in [0.5, 0.6) is 0 Å². The summed E-state index contributed by atoms with van der Waals surface area (Å²) in [6, 6.07) is 12.6. The molecule has 358 valence electrons. The van der Waals surface area contributed by atoms with Crippen molar-refractivity contribution >= 4 is 11.8 Å². The van der Waals surface area contributed by atoms with Crippen molar-refractivity contribution in [1.29, 1.82) is 0 Å². The van der Waals surface area contributed by atoms with Gasteiger partial charge in [0.1, 0.15) is 0 Å². The Morgan fingerprint density at radius 1 is 0.731 bits per heavy atom. The number of rotatable bonds is 5. The molecule has 0 spiro atoms. The van der Waals surface area contributed by atoms with Crippen LogP contribution < -0.4 is 21.7 Å². The molecule has 9 aliphatic carbocycles. The van der Waals surface area contributed by atoms with Crippen molar-refractivity contribution in [3.8, 4) is 0 Å². The van der Waals surface area contributed by atoms with Gasteiger partial charge in [0.05, 0.1) is 18.5 Å². The first kappa shape index (κ1) is 43.4. The monoisotopic (exact) mass is 919 g/mol. The Hall–Kier alpha value is -2.39. The maximum absolute atomic E-state index is 7.81. The molecule has 7 heteroatoms. The summed E-state index contributed by atoms with van der Waals surface area (Å²) in [5.41, 5.74) is 18.9. The molecule has 4 aliphatic heterocycles. The second-order valence-electron chi connectivity index (χ2n) is 25.0. The minimum Gasteiger partial charge on any atom is -0.368 e. The maximum atomic E-state index is 7.81. The van der Waals surface area contributed by atoms with Crippen molar-refractivity contribution < 1.29 is 0 Å². The molecule has 14 rings (SSSR count). The molecule has 67 heavy (non-hydrogen) atoms. The van der Waals surface area contributed by atoms with Crippen LogP contribution >= 0.6 is 11.8 Å². The Labute approximate surface area is 408 Å². The van der Waals surface area contributed by atoms with Gasteiger partial charge in [-0.15, -0.1) is 11.8 Å². The van der Waals surface area contributed by atoms with E-state index in [2.05, 4.69) is 118 Å². The number of hydrogen-bond acceptors (Lipinski definition) is 7. The van der Waals surface area contributed by atoms with E-state index in [1.165, 1.54) is 127 Å². The highest BCUT2D eigenvalue weighted by Gasteiger charge is 2.62. The van der Waals surface area contributed by atoms with Crippen LogP contribution in [0, 0.1) is 46.8 Å². The van der Waals surface area contributed by atoms with Gasteiger partial charge in [0.25, 0.3) is 0 Å². The minimum atomic E-state index is 0.210. The molecule has 18 atom stereocenters.